The van der Waals surface area contributed by atoms with Crippen molar-refractivity contribution < 1.29 is 9.53 Å². The van der Waals surface area contributed by atoms with Crippen LogP contribution in [0, 0.1) is 0 Å². The fraction of sp³-hybridized carbons (Fsp3) is 0.417. The van der Waals surface area contributed by atoms with E-state index in [1.807, 2.05) is 38.3 Å². The second-order valence-corrected chi connectivity index (χ2v) is 3.92. The quantitative estimate of drug-likeness (QED) is 0.580. The minimum Gasteiger partial charge on any atom is -0.462 e. The van der Waals surface area contributed by atoms with Crippen molar-refractivity contribution in [3.8, 4) is 0 Å². The van der Waals surface area contributed by atoms with E-state index in [2.05, 4.69) is 0 Å². The van der Waals surface area contributed by atoms with E-state index in [-0.39, 0.29) is 5.97 Å². The lowest BCUT2D eigenvalue weighted by Crippen LogP contribution is -2.09. The summed E-state index contributed by atoms with van der Waals surface area (Å²) in [6, 6.07) is 5.91. The summed E-state index contributed by atoms with van der Waals surface area (Å²) < 4.78 is 5.06. The van der Waals surface area contributed by atoms with Crippen LogP contribution in [0.4, 0.5) is 0 Å². The van der Waals surface area contributed by atoms with Gasteiger partial charge in [0.1, 0.15) is 0 Å². The van der Waals surface area contributed by atoms with E-state index in [1.165, 1.54) is 0 Å². The van der Waals surface area contributed by atoms with Crippen LogP contribution in [0.2, 0.25) is 0 Å². The van der Waals surface area contributed by atoms with Gasteiger partial charge in [-0.1, -0.05) is 19.1 Å². The zero-order valence-electron chi connectivity index (χ0n) is 9.37. The molecule has 0 aromatic heterocycles. The van der Waals surface area contributed by atoms with Gasteiger partial charge in [0.15, 0.2) is 0 Å². The van der Waals surface area contributed by atoms with Crippen molar-refractivity contribution in [3.05, 3.63) is 29.3 Å². The Bertz CT molecular complexity index is 325. The van der Waals surface area contributed by atoms with Gasteiger partial charge in [-0.05, 0) is 31.2 Å². The van der Waals surface area contributed by atoms with Crippen LogP contribution in [0.25, 0.3) is 0 Å². The molecule has 0 spiro atoms. The number of rotatable bonds is 4. The Hall–Kier alpha value is -0.960. The van der Waals surface area contributed by atoms with Crippen LogP contribution in [0.3, 0.4) is 0 Å². The molecular formula is C12H16O2S. The molecule has 15 heavy (non-hydrogen) atoms. The number of aryl methyl sites for hydroxylation is 1. The molecule has 0 bridgehead atoms. The van der Waals surface area contributed by atoms with Crippen LogP contribution in [-0.4, -0.2) is 18.8 Å². The highest BCUT2D eigenvalue weighted by atomic mass is 32.2. The Morgan fingerprint density at radius 2 is 2.13 bits per heavy atom. The van der Waals surface area contributed by atoms with Gasteiger partial charge in [-0.15, -0.1) is 11.8 Å². The van der Waals surface area contributed by atoms with Gasteiger partial charge in [-0.25, -0.2) is 4.79 Å². The Kier molecular flexibility index (Phi) is 4.69. The van der Waals surface area contributed by atoms with Crippen molar-refractivity contribution >= 4 is 17.7 Å². The Morgan fingerprint density at radius 1 is 1.40 bits per heavy atom. The minimum atomic E-state index is -0.209. The van der Waals surface area contributed by atoms with Gasteiger partial charge in [0.05, 0.1) is 12.2 Å². The maximum atomic E-state index is 11.8. The molecule has 0 saturated carbocycles. The fourth-order valence-corrected chi connectivity index (χ4v) is 2.11. The summed E-state index contributed by atoms with van der Waals surface area (Å²) in [7, 11) is 0. The first-order chi connectivity index (χ1) is 7.24. The average molecular weight is 224 g/mol. The van der Waals surface area contributed by atoms with Crippen molar-refractivity contribution in [3.63, 3.8) is 0 Å². The van der Waals surface area contributed by atoms with Crippen molar-refractivity contribution in [2.75, 3.05) is 12.9 Å². The molecule has 0 aliphatic rings. The lowest BCUT2D eigenvalue weighted by atomic mass is 10.1. The minimum absolute atomic E-state index is 0.209. The highest BCUT2D eigenvalue weighted by molar-refractivity contribution is 7.98. The molecule has 0 fully saturated rings. The number of hydrogen-bond acceptors (Lipinski definition) is 3. The molecule has 0 amide bonds. The molecule has 0 saturated heterocycles. The van der Waals surface area contributed by atoms with E-state index in [0.717, 1.165) is 22.4 Å². The Morgan fingerprint density at radius 3 is 2.67 bits per heavy atom. The lowest BCUT2D eigenvalue weighted by Gasteiger charge is -2.10. The molecule has 1 rings (SSSR count). The summed E-state index contributed by atoms with van der Waals surface area (Å²) in [5.41, 5.74) is 1.79. The van der Waals surface area contributed by atoms with Gasteiger partial charge < -0.3 is 4.74 Å². The average Bonchev–Trinajstić information content (AvgIpc) is 2.28. The summed E-state index contributed by atoms with van der Waals surface area (Å²) in [5, 5.41) is 0. The first kappa shape index (κ1) is 12.1. The van der Waals surface area contributed by atoms with Crippen LogP contribution in [0.5, 0.6) is 0 Å². The third kappa shape index (κ3) is 2.75. The van der Waals surface area contributed by atoms with Crippen LogP contribution in [-0.2, 0) is 11.2 Å². The van der Waals surface area contributed by atoms with E-state index in [0.29, 0.717) is 6.61 Å². The van der Waals surface area contributed by atoms with E-state index >= 15 is 0 Å². The third-order valence-electron chi connectivity index (χ3n) is 2.19. The Balaban J connectivity index is 3.15. The summed E-state index contributed by atoms with van der Waals surface area (Å²) in [6.07, 6.45) is 2.82. The topological polar surface area (TPSA) is 26.3 Å². The van der Waals surface area contributed by atoms with Gasteiger partial charge in [0, 0.05) is 4.90 Å². The molecule has 0 radical (unpaired) electrons. The van der Waals surface area contributed by atoms with E-state index in [1.54, 1.807) is 11.8 Å². The number of hydrogen-bond donors (Lipinski definition) is 0. The van der Waals surface area contributed by atoms with Gasteiger partial charge in [0.2, 0.25) is 0 Å². The highest BCUT2D eigenvalue weighted by Crippen LogP contribution is 2.24. The largest absolute Gasteiger partial charge is 0.462 e. The van der Waals surface area contributed by atoms with Gasteiger partial charge in [-0.2, -0.15) is 0 Å². The van der Waals surface area contributed by atoms with Crippen LogP contribution >= 0.6 is 11.8 Å². The second-order valence-electron chi connectivity index (χ2n) is 3.07. The molecule has 0 heterocycles. The van der Waals surface area contributed by atoms with E-state index in [9.17, 15) is 4.79 Å². The number of carbonyl (C=O) groups excluding carboxylic acids is 1. The maximum Gasteiger partial charge on any atom is 0.339 e. The number of carbonyl (C=O) groups is 1. The summed E-state index contributed by atoms with van der Waals surface area (Å²) in [5.74, 6) is -0.209. The van der Waals surface area contributed by atoms with Gasteiger partial charge in [0.25, 0.3) is 0 Å². The summed E-state index contributed by atoms with van der Waals surface area (Å²) in [6.45, 7) is 4.29. The molecule has 0 aliphatic heterocycles. The van der Waals surface area contributed by atoms with E-state index in [4.69, 9.17) is 4.74 Å². The Labute approximate surface area is 95.0 Å². The number of benzene rings is 1. The molecule has 0 atom stereocenters. The molecule has 82 valence electrons. The van der Waals surface area contributed by atoms with Gasteiger partial charge in [-0.3, -0.25) is 0 Å². The van der Waals surface area contributed by atoms with E-state index < -0.39 is 0 Å². The maximum absolute atomic E-state index is 11.8. The van der Waals surface area contributed by atoms with Crippen molar-refractivity contribution in [2.45, 2.75) is 25.2 Å². The molecule has 1 aromatic rings. The fourth-order valence-electron chi connectivity index (χ4n) is 1.48. The monoisotopic (exact) mass is 224 g/mol. The predicted molar refractivity (Wildman–Crippen MR) is 63.6 cm³/mol. The predicted octanol–water partition coefficient (Wildman–Crippen LogP) is 3.15. The third-order valence-corrected chi connectivity index (χ3v) is 2.97. The standard InChI is InChI=1S/C12H16O2S/c1-4-9-7-6-8-10(15-3)11(9)12(13)14-5-2/h6-8H,4-5H2,1-3H3. The smallest absolute Gasteiger partial charge is 0.339 e. The molecule has 0 unspecified atom stereocenters. The van der Waals surface area contributed by atoms with Gasteiger partial charge >= 0.3 is 5.97 Å². The molecule has 0 aliphatic carbocycles. The first-order valence-electron chi connectivity index (χ1n) is 5.07. The van der Waals surface area contributed by atoms with Crippen LogP contribution in [0.1, 0.15) is 29.8 Å². The number of esters is 1. The molecule has 3 heteroatoms. The molecule has 1 aromatic carbocycles. The summed E-state index contributed by atoms with van der Waals surface area (Å²) in [4.78, 5) is 12.8. The number of ether oxygens (including phenoxy) is 1. The zero-order valence-corrected chi connectivity index (χ0v) is 10.2. The van der Waals surface area contributed by atoms with Crippen molar-refractivity contribution in [1.82, 2.24) is 0 Å². The highest BCUT2D eigenvalue weighted by Gasteiger charge is 2.15. The molecule has 0 N–H and O–H groups in total. The van der Waals surface area contributed by atoms with Crippen LogP contribution < -0.4 is 0 Å². The van der Waals surface area contributed by atoms with Crippen LogP contribution in [0.15, 0.2) is 23.1 Å². The zero-order chi connectivity index (χ0) is 11.3. The molecular weight excluding hydrogens is 208 g/mol. The van der Waals surface area contributed by atoms with Crippen molar-refractivity contribution in [1.29, 1.82) is 0 Å². The normalized spacial score (nSPS) is 10.1. The first-order valence-corrected chi connectivity index (χ1v) is 6.30. The second kappa shape index (κ2) is 5.81. The number of thioether (sulfide) groups is 1. The van der Waals surface area contributed by atoms with Crippen molar-refractivity contribution in [2.24, 2.45) is 0 Å². The lowest BCUT2D eigenvalue weighted by molar-refractivity contribution is 0.0521. The SMILES string of the molecule is CCOC(=O)c1c(CC)cccc1SC. The summed E-state index contributed by atoms with van der Waals surface area (Å²) >= 11 is 1.58. The molecule has 2 nitrogen and oxygen atoms in total.